The smallest absolute Gasteiger partial charge is 0.317 e. The van der Waals surface area contributed by atoms with Crippen molar-refractivity contribution >= 4 is 6.03 Å². The lowest BCUT2D eigenvalue weighted by Crippen LogP contribution is -2.38. The van der Waals surface area contributed by atoms with Crippen molar-refractivity contribution in [2.24, 2.45) is 7.05 Å². The molecule has 24 heavy (non-hydrogen) atoms. The maximum absolute atomic E-state index is 12.4. The average molecular weight is 330 g/mol. The van der Waals surface area contributed by atoms with Crippen molar-refractivity contribution in [3.63, 3.8) is 0 Å². The van der Waals surface area contributed by atoms with E-state index < -0.39 is 0 Å². The number of amides is 2. The van der Waals surface area contributed by atoms with Crippen molar-refractivity contribution < 1.29 is 14.3 Å². The first-order chi connectivity index (χ1) is 11.5. The topological polar surface area (TPSA) is 68.6 Å². The monoisotopic (exact) mass is 330 g/mol. The molecule has 1 aromatic carbocycles. The molecule has 0 spiro atoms. The number of ether oxygens (including phenoxy) is 2. The molecule has 1 aliphatic rings. The molecule has 1 N–H and O–H groups in total. The van der Waals surface area contributed by atoms with Crippen molar-refractivity contribution in [3.8, 4) is 11.5 Å². The number of nitrogens with one attached hydrogen (secondary N) is 1. The Morgan fingerprint density at radius 3 is 2.83 bits per heavy atom. The van der Waals surface area contributed by atoms with Crippen molar-refractivity contribution in [2.45, 2.75) is 19.5 Å². The summed E-state index contributed by atoms with van der Waals surface area (Å²) < 4.78 is 12.8. The molecule has 7 heteroatoms. The highest BCUT2D eigenvalue weighted by molar-refractivity contribution is 5.74. The second-order valence-electron chi connectivity index (χ2n) is 5.95. The van der Waals surface area contributed by atoms with Gasteiger partial charge in [0.15, 0.2) is 11.5 Å². The van der Waals surface area contributed by atoms with E-state index in [2.05, 4.69) is 10.4 Å². The third-order valence-electron chi connectivity index (χ3n) is 3.93. The predicted octanol–water partition coefficient (Wildman–Crippen LogP) is 2.09. The Balaban J connectivity index is 1.61. The number of nitrogens with zero attached hydrogens (tertiary/aromatic N) is 3. The van der Waals surface area contributed by atoms with Gasteiger partial charge in [0.05, 0.1) is 18.8 Å². The summed E-state index contributed by atoms with van der Waals surface area (Å²) >= 11 is 0. The van der Waals surface area contributed by atoms with E-state index in [1.165, 1.54) is 0 Å². The van der Waals surface area contributed by atoms with Gasteiger partial charge in [-0.3, -0.25) is 4.68 Å². The zero-order valence-corrected chi connectivity index (χ0v) is 14.2. The number of hydrogen-bond acceptors (Lipinski definition) is 4. The fourth-order valence-corrected chi connectivity index (χ4v) is 2.61. The van der Waals surface area contributed by atoms with Crippen LogP contribution in [0.1, 0.15) is 24.1 Å². The third kappa shape index (κ3) is 3.61. The minimum atomic E-state index is -0.138. The van der Waals surface area contributed by atoms with E-state index in [0.717, 1.165) is 22.6 Å². The van der Waals surface area contributed by atoms with Crippen LogP contribution in [-0.2, 0) is 13.6 Å². The summed E-state index contributed by atoms with van der Waals surface area (Å²) in [7, 11) is 3.62. The maximum Gasteiger partial charge on any atom is 0.317 e. The number of carbonyl (C=O) groups is 1. The molecule has 128 valence electrons. The van der Waals surface area contributed by atoms with Crippen LogP contribution in [0.5, 0.6) is 11.5 Å². The molecule has 0 radical (unpaired) electrons. The average Bonchev–Trinajstić information content (AvgIpc) is 2.99. The lowest BCUT2D eigenvalue weighted by atomic mass is 10.1. The van der Waals surface area contributed by atoms with Crippen molar-refractivity contribution in [1.82, 2.24) is 20.0 Å². The van der Waals surface area contributed by atoms with Gasteiger partial charge in [0.25, 0.3) is 0 Å². The van der Waals surface area contributed by atoms with Crippen LogP contribution in [0.2, 0.25) is 0 Å². The number of aromatic nitrogens is 2. The molecule has 0 aliphatic carbocycles. The van der Waals surface area contributed by atoms with Gasteiger partial charge in [-0.2, -0.15) is 5.10 Å². The fourth-order valence-electron chi connectivity index (χ4n) is 2.61. The molecule has 1 aliphatic heterocycles. The number of fused-ring (bicyclic) bond motifs is 1. The zero-order valence-electron chi connectivity index (χ0n) is 14.2. The molecule has 3 rings (SSSR count). The molecule has 7 nitrogen and oxygen atoms in total. The Kier molecular flexibility index (Phi) is 4.59. The lowest BCUT2D eigenvalue weighted by Gasteiger charge is -2.23. The minimum absolute atomic E-state index is 0.135. The number of hydrogen-bond donors (Lipinski definition) is 1. The number of carbonyl (C=O) groups excluding carboxylic acids is 1. The van der Waals surface area contributed by atoms with E-state index in [0.29, 0.717) is 19.8 Å². The quantitative estimate of drug-likeness (QED) is 0.932. The van der Waals surface area contributed by atoms with Crippen LogP contribution in [0.4, 0.5) is 4.79 Å². The SMILES string of the molecule is CC(NC(=O)N(C)Cc1cnn(C)c1)c1ccc2c(c1)OCCO2. The number of urea groups is 1. The highest BCUT2D eigenvalue weighted by atomic mass is 16.6. The first-order valence-electron chi connectivity index (χ1n) is 7.91. The molecule has 2 amide bonds. The Bertz CT molecular complexity index is 728. The summed E-state index contributed by atoms with van der Waals surface area (Å²) in [5, 5.41) is 7.10. The third-order valence-corrected chi connectivity index (χ3v) is 3.93. The predicted molar refractivity (Wildman–Crippen MR) is 89.1 cm³/mol. The van der Waals surface area contributed by atoms with Crippen LogP contribution >= 0.6 is 0 Å². The molecule has 2 aromatic rings. The Labute approximate surface area is 141 Å². The van der Waals surface area contributed by atoms with Gasteiger partial charge < -0.3 is 19.7 Å². The van der Waals surface area contributed by atoms with Gasteiger partial charge in [0.2, 0.25) is 0 Å². The number of aryl methyl sites for hydroxylation is 1. The molecule has 0 bridgehead atoms. The summed E-state index contributed by atoms with van der Waals surface area (Å²) in [6.45, 7) is 3.57. The molecular weight excluding hydrogens is 308 g/mol. The van der Waals surface area contributed by atoms with Gasteiger partial charge in [-0.25, -0.2) is 4.79 Å². The molecule has 0 saturated carbocycles. The van der Waals surface area contributed by atoms with Gasteiger partial charge in [-0.1, -0.05) is 6.07 Å². The Morgan fingerprint density at radius 1 is 1.38 bits per heavy atom. The van der Waals surface area contributed by atoms with Gasteiger partial charge in [0, 0.05) is 25.9 Å². The molecular formula is C17H22N4O3. The van der Waals surface area contributed by atoms with Gasteiger partial charge >= 0.3 is 6.03 Å². The molecule has 0 fully saturated rings. The second-order valence-corrected chi connectivity index (χ2v) is 5.95. The van der Waals surface area contributed by atoms with E-state index >= 15 is 0 Å². The van der Waals surface area contributed by atoms with Crippen LogP contribution in [0.15, 0.2) is 30.6 Å². The highest BCUT2D eigenvalue weighted by Gasteiger charge is 2.17. The maximum atomic E-state index is 12.4. The van der Waals surface area contributed by atoms with E-state index in [1.807, 2.05) is 38.4 Å². The molecule has 1 aromatic heterocycles. The molecule has 0 saturated heterocycles. The second kappa shape index (κ2) is 6.82. The van der Waals surface area contributed by atoms with Gasteiger partial charge in [-0.05, 0) is 24.6 Å². The number of benzene rings is 1. The van der Waals surface area contributed by atoms with Crippen molar-refractivity contribution in [3.05, 3.63) is 41.7 Å². The highest BCUT2D eigenvalue weighted by Crippen LogP contribution is 2.32. The van der Waals surface area contributed by atoms with Crippen LogP contribution in [-0.4, -0.2) is 41.0 Å². The fraction of sp³-hybridized carbons (Fsp3) is 0.412. The summed E-state index contributed by atoms with van der Waals surface area (Å²) in [6.07, 6.45) is 3.65. The van der Waals surface area contributed by atoms with E-state index in [-0.39, 0.29) is 12.1 Å². The van der Waals surface area contributed by atoms with E-state index in [1.54, 1.807) is 22.8 Å². The lowest BCUT2D eigenvalue weighted by molar-refractivity contribution is 0.171. The minimum Gasteiger partial charge on any atom is -0.486 e. The first kappa shape index (κ1) is 16.2. The molecule has 2 heterocycles. The van der Waals surface area contributed by atoms with Crippen LogP contribution in [0.3, 0.4) is 0 Å². The van der Waals surface area contributed by atoms with Crippen LogP contribution < -0.4 is 14.8 Å². The normalized spacial score (nSPS) is 14.1. The largest absolute Gasteiger partial charge is 0.486 e. The summed E-state index contributed by atoms with van der Waals surface area (Å²) in [5.41, 5.74) is 1.96. The molecule has 1 atom stereocenters. The number of rotatable bonds is 4. The van der Waals surface area contributed by atoms with E-state index in [9.17, 15) is 4.79 Å². The van der Waals surface area contributed by atoms with Crippen LogP contribution in [0, 0.1) is 0 Å². The molecule has 1 unspecified atom stereocenters. The first-order valence-corrected chi connectivity index (χ1v) is 7.91. The van der Waals surface area contributed by atoms with Gasteiger partial charge in [-0.15, -0.1) is 0 Å². The van der Waals surface area contributed by atoms with Crippen molar-refractivity contribution in [2.75, 3.05) is 20.3 Å². The summed E-state index contributed by atoms with van der Waals surface area (Å²) in [4.78, 5) is 14.0. The Hall–Kier alpha value is -2.70. The summed E-state index contributed by atoms with van der Waals surface area (Å²) in [5.74, 6) is 1.47. The van der Waals surface area contributed by atoms with E-state index in [4.69, 9.17) is 9.47 Å². The Morgan fingerprint density at radius 2 is 2.12 bits per heavy atom. The van der Waals surface area contributed by atoms with Crippen molar-refractivity contribution in [1.29, 1.82) is 0 Å². The van der Waals surface area contributed by atoms with Crippen LogP contribution in [0.25, 0.3) is 0 Å². The van der Waals surface area contributed by atoms with Gasteiger partial charge in [0.1, 0.15) is 13.2 Å². The zero-order chi connectivity index (χ0) is 17.1. The summed E-state index contributed by atoms with van der Waals surface area (Å²) in [6, 6.07) is 5.47. The standard InChI is InChI=1S/C17H22N4O3/c1-12(14-4-5-15-16(8-14)24-7-6-23-15)19-17(22)20(2)10-13-9-18-21(3)11-13/h4-5,8-9,11-12H,6-7,10H2,1-3H3,(H,19,22).